The highest BCUT2D eigenvalue weighted by atomic mass is 16.5. The second-order valence-corrected chi connectivity index (χ2v) is 5.36. The summed E-state index contributed by atoms with van der Waals surface area (Å²) in [6.07, 6.45) is 8.54. The fraction of sp³-hybridized carbons (Fsp3) is 0.100. The summed E-state index contributed by atoms with van der Waals surface area (Å²) in [5.41, 5.74) is 2.38. The van der Waals surface area contributed by atoms with Crippen LogP contribution in [0.2, 0.25) is 0 Å². The van der Waals surface area contributed by atoms with Crippen LogP contribution in [0.5, 0.6) is 0 Å². The van der Waals surface area contributed by atoms with Crippen LogP contribution in [0, 0.1) is 12.3 Å². The molecule has 0 bridgehead atoms. The van der Waals surface area contributed by atoms with Gasteiger partial charge in [0.25, 0.3) is 5.91 Å². The summed E-state index contributed by atoms with van der Waals surface area (Å²) in [5, 5.41) is 2.69. The van der Waals surface area contributed by atoms with E-state index < -0.39 is 0 Å². The number of nitrogens with zero attached hydrogens (tertiary/aromatic N) is 3. The number of terminal acetylenes is 1. The molecule has 2 heterocycles. The number of anilines is 1. The zero-order valence-corrected chi connectivity index (χ0v) is 13.9. The lowest BCUT2D eigenvalue weighted by Crippen LogP contribution is -2.19. The van der Waals surface area contributed by atoms with Gasteiger partial charge in [-0.1, -0.05) is 24.1 Å². The van der Waals surface area contributed by atoms with E-state index in [1.54, 1.807) is 24.5 Å². The lowest BCUT2D eigenvalue weighted by molar-refractivity contribution is -0.121. The normalized spacial score (nSPS) is 10.1. The van der Waals surface area contributed by atoms with Crippen LogP contribution < -0.4 is 5.32 Å². The van der Waals surface area contributed by atoms with Crippen LogP contribution in [-0.4, -0.2) is 27.5 Å². The first-order valence-electron chi connectivity index (χ1n) is 7.92. The minimum atomic E-state index is -0.295. The van der Waals surface area contributed by atoms with Crippen molar-refractivity contribution in [2.45, 2.75) is 6.61 Å². The van der Waals surface area contributed by atoms with Crippen molar-refractivity contribution in [3.05, 3.63) is 72.1 Å². The van der Waals surface area contributed by atoms with Crippen LogP contribution in [-0.2, 0) is 16.1 Å². The first-order chi connectivity index (χ1) is 12.7. The number of nitrogens with one attached hydrogen (secondary N) is 1. The number of benzene rings is 1. The Kier molecular flexibility index (Phi) is 5.65. The summed E-state index contributed by atoms with van der Waals surface area (Å²) in [4.78, 5) is 24.7. The van der Waals surface area contributed by atoms with Gasteiger partial charge in [-0.25, -0.2) is 9.97 Å². The van der Waals surface area contributed by atoms with Gasteiger partial charge in [-0.05, 0) is 35.9 Å². The Bertz CT molecular complexity index is 919. The quantitative estimate of drug-likeness (QED) is 0.696. The smallest absolute Gasteiger partial charge is 0.251 e. The molecule has 0 radical (unpaired) electrons. The molecule has 0 aliphatic rings. The van der Waals surface area contributed by atoms with E-state index in [1.165, 1.54) is 0 Å². The Balaban J connectivity index is 1.52. The first kappa shape index (κ1) is 17.3. The van der Waals surface area contributed by atoms with Crippen molar-refractivity contribution in [1.29, 1.82) is 0 Å². The summed E-state index contributed by atoms with van der Waals surface area (Å²) in [6, 6.07) is 14.5. The molecule has 1 amide bonds. The van der Waals surface area contributed by atoms with Crippen LogP contribution >= 0.6 is 0 Å². The number of carbonyl (C=O) groups is 1. The van der Waals surface area contributed by atoms with Gasteiger partial charge in [0.1, 0.15) is 18.1 Å². The summed E-state index contributed by atoms with van der Waals surface area (Å²) >= 11 is 0. The number of hydrogen-bond acceptors (Lipinski definition) is 5. The second-order valence-electron chi connectivity index (χ2n) is 5.36. The van der Waals surface area contributed by atoms with Crippen molar-refractivity contribution >= 4 is 11.7 Å². The molecular weight excluding hydrogens is 328 g/mol. The zero-order chi connectivity index (χ0) is 18.2. The molecule has 0 saturated heterocycles. The van der Waals surface area contributed by atoms with Crippen LogP contribution in [0.3, 0.4) is 0 Å². The summed E-state index contributed by atoms with van der Waals surface area (Å²) < 4.78 is 5.42. The van der Waals surface area contributed by atoms with Crippen molar-refractivity contribution in [2.24, 2.45) is 0 Å². The largest absolute Gasteiger partial charge is 0.367 e. The molecule has 0 unspecified atom stereocenters. The molecule has 6 nitrogen and oxygen atoms in total. The monoisotopic (exact) mass is 344 g/mol. The summed E-state index contributed by atoms with van der Waals surface area (Å²) in [6.45, 7) is 0.237. The van der Waals surface area contributed by atoms with E-state index >= 15 is 0 Å². The fourth-order valence-corrected chi connectivity index (χ4v) is 2.18. The molecule has 128 valence electrons. The van der Waals surface area contributed by atoms with Crippen molar-refractivity contribution in [1.82, 2.24) is 15.0 Å². The average Bonchev–Trinajstić information content (AvgIpc) is 2.69. The standard InChI is InChI=1S/C20H16N4O2/c1-2-15-6-8-16(9-7-15)13-26-14-19(25)23-18-10-12-22-20(24-18)17-5-3-4-11-21-17/h1,3-12H,13-14H2,(H,22,23,24,25). The highest BCUT2D eigenvalue weighted by Crippen LogP contribution is 2.13. The topological polar surface area (TPSA) is 77.0 Å². The Labute approximate surface area is 151 Å². The Morgan fingerprint density at radius 1 is 1.08 bits per heavy atom. The van der Waals surface area contributed by atoms with E-state index in [0.29, 0.717) is 23.9 Å². The predicted octanol–water partition coefficient (Wildman–Crippen LogP) is 2.68. The third-order valence-corrected chi connectivity index (χ3v) is 3.44. The van der Waals surface area contributed by atoms with Crippen LogP contribution in [0.25, 0.3) is 11.5 Å². The number of ether oxygens (including phenoxy) is 1. The molecule has 0 fully saturated rings. The molecule has 2 aromatic heterocycles. The van der Waals surface area contributed by atoms with E-state index in [-0.39, 0.29) is 12.5 Å². The number of pyridine rings is 1. The van der Waals surface area contributed by atoms with Gasteiger partial charge < -0.3 is 10.1 Å². The Morgan fingerprint density at radius 3 is 2.65 bits per heavy atom. The van der Waals surface area contributed by atoms with Crippen molar-refractivity contribution < 1.29 is 9.53 Å². The highest BCUT2D eigenvalue weighted by molar-refractivity contribution is 5.90. The van der Waals surface area contributed by atoms with Gasteiger partial charge in [-0.3, -0.25) is 9.78 Å². The molecule has 0 spiro atoms. The van der Waals surface area contributed by atoms with Gasteiger partial charge in [0.15, 0.2) is 5.82 Å². The van der Waals surface area contributed by atoms with Gasteiger partial charge in [0.05, 0.1) is 6.61 Å². The molecule has 6 heteroatoms. The van der Waals surface area contributed by atoms with Gasteiger partial charge in [0, 0.05) is 18.0 Å². The Hall–Kier alpha value is -3.56. The van der Waals surface area contributed by atoms with E-state index in [1.807, 2.05) is 36.4 Å². The molecule has 0 aliphatic heterocycles. The van der Waals surface area contributed by atoms with Gasteiger partial charge in [-0.2, -0.15) is 0 Å². The molecular formula is C20H16N4O2. The maximum absolute atomic E-state index is 12.0. The number of hydrogen-bond donors (Lipinski definition) is 1. The number of amides is 1. The second kappa shape index (κ2) is 8.51. The fourth-order valence-electron chi connectivity index (χ4n) is 2.18. The number of carbonyl (C=O) groups excluding carboxylic acids is 1. The van der Waals surface area contributed by atoms with E-state index in [0.717, 1.165) is 11.1 Å². The lowest BCUT2D eigenvalue weighted by Gasteiger charge is -2.07. The predicted molar refractivity (Wildman–Crippen MR) is 97.9 cm³/mol. The Morgan fingerprint density at radius 2 is 1.92 bits per heavy atom. The minimum absolute atomic E-state index is 0.0835. The van der Waals surface area contributed by atoms with Crippen molar-refractivity contribution in [3.8, 4) is 23.9 Å². The molecule has 1 N–H and O–H groups in total. The first-order valence-corrected chi connectivity index (χ1v) is 7.92. The van der Waals surface area contributed by atoms with Crippen LogP contribution in [0.1, 0.15) is 11.1 Å². The van der Waals surface area contributed by atoms with Crippen LogP contribution in [0.15, 0.2) is 60.9 Å². The van der Waals surface area contributed by atoms with Crippen molar-refractivity contribution in [3.63, 3.8) is 0 Å². The zero-order valence-electron chi connectivity index (χ0n) is 13.9. The third kappa shape index (κ3) is 4.72. The molecule has 0 saturated carbocycles. The molecule has 26 heavy (non-hydrogen) atoms. The van der Waals surface area contributed by atoms with Crippen LogP contribution in [0.4, 0.5) is 5.82 Å². The number of aromatic nitrogens is 3. The maximum Gasteiger partial charge on any atom is 0.251 e. The maximum atomic E-state index is 12.0. The third-order valence-electron chi connectivity index (χ3n) is 3.44. The minimum Gasteiger partial charge on any atom is -0.367 e. The van der Waals surface area contributed by atoms with E-state index in [9.17, 15) is 4.79 Å². The van der Waals surface area contributed by atoms with E-state index in [4.69, 9.17) is 11.2 Å². The van der Waals surface area contributed by atoms with Crippen molar-refractivity contribution in [2.75, 3.05) is 11.9 Å². The summed E-state index contributed by atoms with van der Waals surface area (Å²) in [7, 11) is 0. The molecule has 0 aliphatic carbocycles. The molecule has 1 aromatic carbocycles. The molecule has 3 rings (SSSR count). The van der Waals surface area contributed by atoms with Gasteiger partial charge in [0.2, 0.25) is 0 Å². The number of rotatable bonds is 6. The van der Waals surface area contributed by atoms with E-state index in [2.05, 4.69) is 26.2 Å². The molecule has 0 atom stereocenters. The lowest BCUT2D eigenvalue weighted by atomic mass is 10.1. The SMILES string of the molecule is C#Cc1ccc(COCC(=O)Nc2ccnc(-c3ccccn3)n2)cc1. The van der Waals surface area contributed by atoms with Gasteiger partial charge >= 0.3 is 0 Å². The average molecular weight is 344 g/mol. The highest BCUT2D eigenvalue weighted by Gasteiger charge is 2.07. The van der Waals surface area contributed by atoms with Gasteiger partial charge in [-0.15, -0.1) is 6.42 Å². The summed E-state index contributed by atoms with van der Waals surface area (Å²) in [5.74, 6) is 3.09. The molecule has 3 aromatic rings.